The highest BCUT2D eigenvalue weighted by atomic mass is 35.5. The molecular formula is C21H23ClN4O4S2. The fourth-order valence-corrected chi connectivity index (χ4v) is 6.08. The largest absolute Gasteiger partial charge is 0.495 e. The lowest BCUT2D eigenvalue weighted by atomic mass is 10.3. The molecule has 3 aromatic rings. The molecule has 0 radical (unpaired) electrons. The zero-order valence-corrected chi connectivity index (χ0v) is 20.3. The third kappa shape index (κ3) is 4.35. The third-order valence-electron chi connectivity index (χ3n) is 5.30. The van der Waals surface area contributed by atoms with Crippen molar-refractivity contribution in [3.8, 4) is 16.5 Å². The summed E-state index contributed by atoms with van der Waals surface area (Å²) in [4.78, 5) is 19.9. The zero-order valence-electron chi connectivity index (χ0n) is 17.9. The molecule has 11 heteroatoms. The molecule has 1 N–H and O–H groups in total. The molecule has 0 saturated carbocycles. The van der Waals surface area contributed by atoms with Crippen LogP contribution in [0.5, 0.6) is 5.75 Å². The summed E-state index contributed by atoms with van der Waals surface area (Å²) in [5, 5.41) is 0.899. The van der Waals surface area contributed by atoms with Crippen LogP contribution in [0.3, 0.4) is 0 Å². The second-order valence-corrected chi connectivity index (χ2v) is 10.6. The van der Waals surface area contributed by atoms with E-state index in [1.807, 2.05) is 4.90 Å². The number of hydrogen-bond donors (Lipinski definition) is 1. The van der Waals surface area contributed by atoms with E-state index in [1.54, 1.807) is 36.7 Å². The molecule has 0 atom stereocenters. The number of aromatic nitrogens is 2. The molecule has 3 heterocycles. The van der Waals surface area contributed by atoms with Gasteiger partial charge < -0.3 is 14.2 Å². The van der Waals surface area contributed by atoms with Crippen LogP contribution in [0, 0.1) is 6.92 Å². The van der Waals surface area contributed by atoms with E-state index in [-0.39, 0.29) is 10.8 Å². The molecule has 1 aliphatic heterocycles. The first-order valence-corrected chi connectivity index (χ1v) is 12.7. The molecule has 1 saturated heterocycles. The molecule has 0 aliphatic carbocycles. The minimum absolute atomic E-state index is 0.0103. The Morgan fingerprint density at radius 1 is 1.25 bits per heavy atom. The van der Waals surface area contributed by atoms with Crippen molar-refractivity contribution in [3.63, 3.8) is 0 Å². The number of sulfonamides is 1. The Kier molecular flexibility index (Phi) is 6.19. The SMILES string of the molecule is COc1ccc(NS(=O)(=O)c2cc(-c3nc(C)c(C(=O)N4CCCC4)s3)n(C)c2)cc1Cl. The predicted octanol–water partition coefficient (Wildman–Crippen LogP) is 4.16. The molecule has 8 nitrogen and oxygen atoms in total. The minimum atomic E-state index is -3.86. The fourth-order valence-electron chi connectivity index (χ4n) is 3.61. The number of hydrogen-bond acceptors (Lipinski definition) is 6. The van der Waals surface area contributed by atoms with Gasteiger partial charge in [-0.1, -0.05) is 11.6 Å². The Bertz CT molecular complexity index is 1280. The maximum atomic E-state index is 12.9. The lowest BCUT2D eigenvalue weighted by Gasteiger charge is -2.13. The number of benzene rings is 1. The van der Waals surface area contributed by atoms with Crippen molar-refractivity contribution in [1.82, 2.24) is 14.5 Å². The number of thiazole rings is 1. The number of ether oxygens (including phenoxy) is 1. The molecule has 1 aromatic carbocycles. The number of rotatable bonds is 6. The van der Waals surface area contributed by atoms with Crippen molar-refractivity contribution in [1.29, 1.82) is 0 Å². The summed E-state index contributed by atoms with van der Waals surface area (Å²) in [6.45, 7) is 3.33. The molecule has 0 spiro atoms. The van der Waals surface area contributed by atoms with Gasteiger partial charge in [-0.3, -0.25) is 9.52 Å². The van der Waals surface area contributed by atoms with Gasteiger partial charge in [-0.05, 0) is 44.0 Å². The number of nitrogens with zero attached hydrogens (tertiary/aromatic N) is 3. The molecular weight excluding hydrogens is 472 g/mol. The van der Waals surface area contributed by atoms with Gasteiger partial charge in [-0.25, -0.2) is 13.4 Å². The first kappa shape index (κ1) is 22.6. The van der Waals surface area contributed by atoms with E-state index in [0.29, 0.717) is 37.7 Å². The summed E-state index contributed by atoms with van der Waals surface area (Å²) >= 11 is 7.39. The van der Waals surface area contributed by atoms with E-state index in [1.165, 1.54) is 30.7 Å². The summed E-state index contributed by atoms with van der Waals surface area (Å²) in [5.41, 5.74) is 1.59. The monoisotopic (exact) mass is 494 g/mol. The molecule has 2 aromatic heterocycles. The highest BCUT2D eigenvalue weighted by molar-refractivity contribution is 7.92. The van der Waals surface area contributed by atoms with Crippen molar-refractivity contribution < 1.29 is 17.9 Å². The molecule has 1 amide bonds. The van der Waals surface area contributed by atoms with Gasteiger partial charge in [0, 0.05) is 26.3 Å². The number of carbonyl (C=O) groups excluding carboxylic acids is 1. The van der Waals surface area contributed by atoms with Gasteiger partial charge in [0.05, 0.1) is 29.2 Å². The van der Waals surface area contributed by atoms with E-state index in [0.717, 1.165) is 25.9 Å². The fraction of sp³-hybridized carbons (Fsp3) is 0.333. The number of halogens is 1. The van der Waals surface area contributed by atoms with E-state index >= 15 is 0 Å². The van der Waals surface area contributed by atoms with Gasteiger partial charge in [-0.15, -0.1) is 11.3 Å². The second-order valence-electron chi connectivity index (χ2n) is 7.56. The van der Waals surface area contributed by atoms with E-state index in [9.17, 15) is 13.2 Å². The van der Waals surface area contributed by atoms with Crippen molar-refractivity contribution in [2.24, 2.45) is 7.05 Å². The molecule has 1 aliphatic rings. The number of nitrogens with one attached hydrogen (secondary N) is 1. The summed E-state index contributed by atoms with van der Waals surface area (Å²) in [7, 11) is -0.626. The quantitative estimate of drug-likeness (QED) is 0.555. The van der Waals surface area contributed by atoms with Crippen LogP contribution in [0.15, 0.2) is 35.4 Å². The van der Waals surface area contributed by atoms with Crippen molar-refractivity contribution in [2.75, 3.05) is 24.9 Å². The molecule has 0 bridgehead atoms. The van der Waals surface area contributed by atoms with Gasteiger partial charge in [0.1, 0.15) is 20.5 Å². The Morgan fingerprint density at radius 2 is 1.97 bits per heavy atom. The summed E-state index contributed by atoms with van der Waals surface area (Å²) < 4.78 is 35.2. The maximum absolute atomic E-state index is 12.9. The number of anilines is 1. The average Bonchev–Trinajstić information content (AvgIpc) is 3.47. The second kappa shape index (κ2) is 8.76. The van der Waals surface area contributed by atoms with Crippen LogP contribution < -0.4 is 9.46 Å². The number of methoxy groups -OCH3 is 1. The van der Waals surface area contributed by atoms with Gasteiger partial charge in [0.25, 0.3) is 15.9 Å². The lowest BCUT2D eigenvalue weighted by molar-refractivity contribution is 0.0796. The first-order chi connectivity index (χ1) is 15.2. The van der Waals surface area contributed by atoms with Crippen molar-refractivity contribution in [2.45, 2.75) is 24.7 Å². The number of likely N-dealkylation sites (tertiary alicyclic amines) is 1. The minimum Gasteiger partial charge on any atom is -0.495 e. The van der Waals surface area contributed by atoms with Crippen molar-refractivity contribution >= 4 is 44.6 Å². The maximum Gasteiger partial charge on any atom is 0.265 e. The average molecular weight is 495 g/mol. The Balaban J connectivity index is 1.61. The molecule has 170 valence electrons. The van der Waals surface area contributed by atoms with Crippen LogP contribution in [0.4, 0.5) is 5.69 Å². The van der Waals surface area contributed by atoms with Gasteiger partial charge in [0.15, 0.2) is 0 Å². The van der Waals surface area contributed by atoms with Crippen LogP contribution in [0.25, 0.3) is 10.7 Å². The zero-order chi connectivity index (χ0) is 23.0. The topological polar surface area (TPSA) is 93.5 Å². The van der Waals surface area contributed by atoms with Crippen LogP contribution in [-0.4, -0.2) is 49.0 Å². The summed E-state index contributed by atoms with van der Waals surface area (Å²) in [5.74, 6) is 0.443. The highest BCUT2D eigenvalue weighted by Crippen LogP contribution is 2.33. The van der Waals surface area contributed by atoms with E-state index < -0.39 is 10.0 Å². The van der Waals surface area contributed by atoms with E-state index in [2.05, 4.69) is 9.71 Å². The van der Waals surface area contributed by atoms with E-state index in [4.69, 9.17) is 16.3 Å². The Labute approximate surface area is 195 Å². The summed E-state index contributed by atoms with van der Waals surface area (Å²) in [6.07, 6.45) is 3.55. The van der Waals surface area contributed by atoms with Crippen LogP contribution >= 0.6 is 22.9 Å². The van der Waals surface area contributed by atoms with Gasteiger partial charge >= 0.3 is 0 Å². The van der Waals surface area contributed by atoms with Crippen LogP contribution in [-0.2, 0) is 17.1 Å². The van der Waals surface area contributed by atoms with Crippen LogP contribution in [0.2, 0.25) is 5.02 Å². The van der Waals surface area contributed by atoms with Gasteiger partial charge in [-0.2, -0.15) is 0 Å². The molecule has 4 rings (SSSR count). The van der Waals surface area contributed by atoms with Crippen molar-refractivity contribution in [3.05, 3.63) is 46.1 Å². The number of carbonyl (C=O) groups is 1. The van der Waals surface area contributed by atoms with Crippen LogP contribution in [0.1, 0.15) is 28.2 Å². The standard InChI is InChI=1S/C21H23ClN4O4S2/c1-13-19(21(27)26-8-4-5-9-26)31-20(23-13)17-11-15(12-25(17)2)32(28,29)24-14-6-7-18(30-3)16(22)10-14/h6-7,10-12,24H,4-5,8-9H2,1-3H3. The van der Waals surface area contributed by atoms with Gasteiger partial charge in [0.2, 0.25) is 0 Å². The third-order valence-corrected chi connectivity index (χ3v) is 8.11. The molecule has 1 fully saturated rings. The lowest BCUT2D eigenvalue weighted by Crippen LogP contribution is -2.27. The number of amides is 1. The number of aryl methyl sites for hydroxylation is 2. The summed E-state index contributed by atoms with van der Waals surface area (Å²) in [6, 6.07) is 6.21. The molecule has 32 heavy (non-hydrogen) atoms. The smallest absolute Gasteiger partial charge is 0.265 e. The Hall–Kier alpha value is -2.56. The predicted molar refractivity (Wildman–Crippen MR) is 125 cm³/mol. The normalized spacial score (nSPS) is 14.1. The highest BCUT2D eigenvalue weighted by Gasteiger charge is 2.26. The Morgan fingerprint density at radius 3 is 2.62 bits per heavy atom. The molecule has 0 unspecified atom stereocenters. The first-order valence-electron chi connectivity index (χ1n) is 9.99.